The Morgan fingerprint density at radius 1 is 1.14 bits per heavy atom. The fourth-order valence-electron chi connectivity index (χ4n) is 2.49. The fourth-order valence-corrected chi connectivity index (χ4v) is 2.66. The van der Waals surface area contributed by atoms with Crippen molar-refractivity contribution >= 4 is 40.5 Å². The zero-order valence-corrected chi connectivity index (χ0v) is 16.1. The maximum Gasteiger partial charge on any atom is 0.279 e. The number of ether oxygens (including phenoxy) is 1. The normalized spacial score (nSPS) is 11.4. The SMILES string of the molecule is COc1ccc(Cl)cc1NC(=O)C[NH+](C)CC(=O)Nc1cccc([N+](=O)[O-])c1. The molecule has 0 bridgehead atoms. The number of likely N-dealkylation sites (N-methyl/N-ethyl adjacent to an activating group) is 1. The van der Waals surface area contributed by atoms with Gasteiger partial charge >= 0.3 is 0 Å². The van der Waals surface area contributed by atoms with Crippen LogP contribution in [0.2, 0.25) is 5.02 Å². The van der Waals surface area contributed by atoms with Crippen LogP contribution in [0.1, 0.15) is 0 Å². The van der Waals surface area contributed by atoms with E-state index in [1.807, 2.05) is 0 Å². The Balaban J connectivity index is 1.89. The molecule has 0 fully saturated rings. The fraction of sp³-hybridized carbons (Fsp3) is 0.222. The summed E-state index contributed by atoms with van der Waals surface area (Å²) in [5.41, 5.74) is 0.641. The van der Waals surface area contributed by atoms with E-state index in [-0.39, 0.29) is 30.6 Å². The number of carbonyl (C=O) groups excluding carboxylic acids is 2. The van der Waals surface area contributed by atoms with Crippen molar-refractivity contribution in [1.82, 2.24) is 0 Å². The van der Waals surface area contributed by atoms with Gasteiger partial charge < -0.3 is 20.3 Å². The van der Waals surface area contributed by atoms with Crippen molar-refractivity contribution in [2.24, 2.45) is 0 Å². The van der Waals surface area contributed by atoms with Crippen LogP contribution in [0.5, 0.6) is 5.75 Å². The Bertz CT molecular complexity index is 890. The number of amides is 2. The molecule has 28 heavy (non-hydrogen) atoms. The minimum atomic E-state index is -0.540. The smallest absolute Gasteiger partial charge is 0.279 e. The molecule has 1 atom stereocenters. The minimum Gasteiger partial charge on any atom is -0.495 e. The van der Waals surface area contributed by atoms with E-state index in [0.29, 0.717) is 27.0 Å². The Kier molecular flexibility index (Phi) is 7.30. The number of methoxy groups -OCH3 is 1. The lowest BCUT2D eigenvalue weighted by Crippen LogP contribution is -3.11. The zero-order chi connectivity index (χ0) is 20.7. The van der Waals surface area contributed by atoms with E-state index >= 15 is 0 Å². The summed E-state index contributed by atoms with van der Waals surface area (Å²) in [6.07, 6.45) is 0. The van der Waals surface area contributed by atoms with Crippen LogP contribution in [0.3, 0.4) is 0 Å². The van der Waals surface area contributed by atoms with E-state index < -0.39 is 4.92 Å². The maximum absolute atomic E-state index is 12.2. The first-order valence-corrected chi connectivity index (χ1v) is 8.65. The molecule has 148 valence electrons. The van der Waals surface area contributed by atoms with Crippen LogP contribution in [0.25, 0.3) is 0 Å². The first-order chi connectivity index (χ1) is 13.3. The van der Waals surface area contributed by atoms with E-state index in [1.165, 1.54) is 25.3 Å². The molecule has 2 aromatic rings. The molecule has 0 saturated carbocycles. The molecular formula is C18H20ClN4O5+. The summed E-state index contributed by atoms with van der Waals surface area (Å²) in [6, 6.07) is 10.5. The molecule has 2 aromatic carbocycles. The van der Waals surface area contributed by atoms with Gasteiger partial charge in [-0.25, -0.2) is 0 Å². The Morgan fingerprint density at radius 3 is 2.46 bits per heavy atom. The highest BCUT2D eigenvalue weighted by molar-refractivity contribution is 6.31. The third-order valence-corrected chi connectivity index (χ3v) is 3.94. The maximum atomic E-state index is 12.2. The summed E-state index contributed by atoms with van der Waals surface area (Å²) >= 11 is 5.93. The third kappa shape index (κ3) is 6.22. The second-order valence-electron chi connectivity index (χ2n) is 6.06. The highest BCUT2D eigenvalue weighted by Crippen LogP contribution is 2.27. The van der Waals surface area contributed by atoms with Crippen molar-refractivity contribution in [3.8, 4) is 5.75 Å². The lowest BCUT2D eigenvalue weighted by Gasteiger charge is -2.15. The number of hydrogen-bond acceptors (Lipinski definition) is 5. The summed E-state index contributed by atoms with van der Waals surface area (Å²) in [5.74, 6) is -0.217. The van der Waals surface area contributed by atoms with Crippen LogP contribution >= 0.6 is 11.6 Å². The molecule has 1 unspecified atom stereocenters. The van der Waals surface area contributed by atoms with Gasteiger partial charge in [0.25, 0.3) is 17.5 Å². The number of non-ortho nitro benzene ring substituents is 1. The van der Waals surface area contributed by atoms with Crippen LogP contribution < -0.4 is 20.3 Å². The second kappa shape index (κ2) is 9.67. The van der Waals surface area contributed by atoms with Crippen molar-refractivity contribution in [2.45, 2.75) is 0 Å². The molecule has 0 spiro atoms. The quantitative estimate of drug-likeness (QED) is 0.451. The zero-order valence-electron chi connectivity index (χ0n) is 15.3. The highest BCUT2D eigenvalue weighted by atomic mass is 35.5. The predicted molar refractivity (Wildman–Crippen MR) is 105 cm³/mol. The molecule has 2 rings (SSSR count). The van der Waals surface area contributed by atoms with Gasteiger partial charge in [-0.2, -0.15) is 0 Å². The molecule has 0 radical (unpaired) electrons. The van der Waals surface area contributed by atoms with Crippen molar-refractivity contribution < 1.29 is 24.1 Å². The number of carbonyl (C=O) groups is 2. The summed E-state index contributed by atoms with van der Waals surface area (Å²) in [6.45, 7) is 0.0286. The molecule has 10 heteroatoms. The predicted octanol–water partition coefficient (Wildman–Crippen LogP) is 1.35. The average Bonchev–Trinajstić information content (AvgIpc) is 2.61. The molecule has 0 aliphatic rings. The molecule has 3 N–H and O–H groups in total. The van der Waals surface area contributed by atoms with Crippen LogP contribution in [0.4, 0.5) is 17.1 Å². The van der Waals surface area contributed by atoms with Gasteiger partial charge in [-0.05, 0) is 24.3 Å². The van der Waals surface area contributed by atoms with E-state index in [1.54, 1.807) is 31.3 Å². The van der Waals surface area contributed by atoms with Crippen LogP contribution in [-0.2, 0) is 9.59 Å². The van der Waals surface area contributed by atoms with Crippen LogP contribution in [-0.4, -0.2) is 44.0 Å². The van der Waals surface area contributed by atoms with Gasteiger partial charge in [0, 0.05) is 22.8 Å². The van der Waals surface area contributed by atoms with Gasteiger partial charge in [0.1, 0.15) is 5.75 Å². The molecule has 0 aliphatic heterocycles. The molecule has 2 amide bonds. The van der Waals surface area contributed by atoms with E-state index in [9.17, 15) is 19.7 Å². The number of hydrogen-bond donors (Lipinski definition) is 3. The number of nitro groups is 1. The van der Waals surface area contributed by atoms with Gasteiger partial charge in [-0.15, -0.1) is 0 Å². The van der Waals surface area contributed by atoms with Crippen molar-refractivity contribution in [2.75, 3.05) is 37.9 Å². The largest absolute Gasteiger partial charge is 0.495 e. The summed E-state index contributed by atoms with van der Waals surface area (Å²) in [5, 5.41) is 16.5. The minimum absolute atomic E-state index is 0.00277. The van der Waals surface area contributed by atoms with Crippen LogP contribution in [0, 0.1) is 10.1 Å². The summed E-state index contributed by atoms with van der Waals surface area (Å²) < 4.78 is 5.17. The lowest BCUT2D eigenvalue weighted by molar-refractivity contribution is -0.862. The lowest BCUT2D eigenvalue weighted by atomic mass is 10.2. The molecule has 9 nitrogen and oxygen atoms in total. The van der Waals surface area contributed by atoms with Gasteiger partial charge in [-0.1, -0.05) is 17.7 Å². The average molecular weight is 408 g/mol. The number of benzene rings is 2. The van der Waals surface area contributed by atoms with Crippen molar-refractivity contribution in [1.29, 1.82) is 0 Å². The standard InChI is InChI=1S/C18H19ClN4O5/c1-22(10-17(24)20-13-4-3-5-14(9-13)23(26)27)11-18(25)21-15-8-12(19)6-7-16(15)28-2/h3-9H,10-11H2,1-2H3,(H,20,24)(H,21,25)/p+1. The number of halogens is 1. The van der Waals surface area contributed by atoms with E-state index in [2.05, 4.69) is 10.6 Å². The van der Waals surface area contributed by atoms with Gasteiger partial charge in [-0.3, -0.25) is 19.7 Å². The first-order valence-electron chi connectivity index (χ1n) is 8.27. The van der Waals surface area contributed by atoms with E-state index in [0.717, 1.165) is 0 Å². The number of anilines is 2. The van der Waals surface area contributed by atoms with Crippen molar-refractivity contribution in [3.63, 3.8) is 0 Å². The molecule has 0 aliphatic carbocycles. The number of rotatable bonds is 8. The van der Waals surface area contributed by atoms with Crippen molar-refractivity contribution in [3.05, 3.63) is 57.6 Å². The van der Waals surface area contributed by atoms with E-state index in [4.69, 9.17) is 16.3 Å². The second-order valence-corrected chi connectivity index (χ2v) is 6.50. The molecular weight excluding hydrogens is 388 g/mol. The topological polar surface area (TPSA) is 115 Å². The van der Waals surface area contributed by atoms with Gasteiger partial charge in [0.05, 0.1) is 24.8 Å². The number of nitrogens with one attached hydrogen (secondary N) is 3. The summed E-state index contributed by atoms with van der Waals surface area (Å²) in [7, 11) is 3.16. The Morgan fingerprint density at radius 2 is 1.82 bits per heavy atom. The number of quaternary nitrogens is 1. The number of nitro benzene ring substituents is 1. The molecule has 0 heterocycles. The Hall–Kier alpha value is -3.17. The summed E-state index contributed by atoms with van der Waals surface area (Å²) in [4.78, 5) is 35.2. The monoisotopic (exact) mass is 407 g/mol. The van der Waals surface area contributed by atoms with Gasteiger partial charge in [0.15, 0.2) is 13.1 Å². The first kappa shape index (κ1) is 21.1. The molecule has 0 aromatic heterocycles. The molecule has 0 saturated heterocycles. The van der Waals surface area contributed by atoms with Crippen LogP contribution in [0.15, 0.2) is 42.5 Å². The van der Waals surface area contributed by atoms with Gasteiger partial charge in [0.2, 0.25) is 0 Å². The Labute approximate surface area is 166 Å². The highest BCUT2D eigenvalue weighted by Gasteiger charge is 2.17. The number of nitrogens with zero attached hydrogens (tertiary/aromatic N) is 1. The third-order valence-electron chi connectivity index (χ3n) is 3.70.